The predicted molar refractivity (Wildman–Crippen MR) is 135 cm³/mol. The summed E-state index contributed by atoms with van der Waals surface area (Å²) in [4.78, 5) is 17.6. The SMILES string of the molecule is C#CCOc1ccc(C2CC(=O)Nc3c2c(C)nn3-c2nc3ccc(OC)cc3s2)cc1OCC. The Bertz CT molecular complexity index is 1470. The molecule has 0 saturated heterocycles. The molecule has 2 aromatic heterocycles. The van der Waals surface area contributed by atoms with E-state index in [1.807, 2.05) is 50.2 Å². The van der Waals surface area contributed by atoms with Crippen LogP contribution < -0.4 is 19.5 Å². The van der Waals surface area contributed by atoms with Crippen LogP contribution in [0.15, 0.2) is 36.4 Å². The Balaban J connectivity index is 1.58. The second-order valence-electron chi connectivity index (χ2n) is 8.03. The number of hydrogen-bond donors (Lipinski definition) is 1. The molecule has 4 aromatic rings. The van der Waals surface area contributed by atoms with Gasteiger partial charge in [0.25, 0.3) is 0 Å². The number of nitrogens with zero attached hydrogens (tertiary/aromatic N) is 3. The molecular formula is C26H24N4O4S. The van der Waals surface area contributed by atoms with Crippen LogP contribution in [0.1, 0.15) is 36.1 Å². The van der Waals surface area contributed by atoms with Gasteiger partial charge in [-0.15, -0.1) is 6.42 Å². The van der Waals surface area contributed by atoms with Gasteiger partial charge in [-0.3, -0.25) is 4.79 Å². The van der Waals surface area contributed by atoms with E-state index in [-0.39, 0.29) is 18.4 Å². The monoisotopic (exact) mass is 488 g/mol. The maximum atomic E-state index is 12.8. The number of methoxy groups -OCH3 is 1. The number of fused-ring (bicyclic) bond motifs is 2. The number of hydrogen-bond acceptors (Lipinski definition) is 7. The molecule has 1 amide bonds. The van der Waals surface area contributed by atoms with Crippen LogP contribution in [0.3, 0.4) is 0 Å². The van der Waals surface area contributed by atoms with Crippen LogP contribution in [-0.2, 0) is 4.79 Å². The first-order chi connectivity index (χ1) is 17.0. The van der Waals surface area contributed by atoms with E-state index in [4.69, 9.17) is 30.7 Å². The molecule has 8 nitrogen and oxygen atoms in total. The molecule has 35 heavy (non-hydrogen) atoms. The number of ether oxygens (including phenoxy) is 3. The van der Waals surface area contributed by atoms with Crippen LogP contribution >= 0.6 is 11.3 Å². The zero-order chi connectivity index (χ0) is 24.5. The number of benzene rings is 2. The highest BCUT2D eigenvalue weighted by Crippen LogP contribution is 2.43. The number of rotatable bonds is 7. The van der Waals surface area contributed by atoms with Crippen molar-refractivity contribution < 1.29 is 19.0 Å². The third kappa shape index (κ3) is 4.17. The van der Waals surface area contributed by atoms with E-state index in [0.29, 0.717) is 35.5 Å². The van der Waals surface area contributed by atoms with Crippen molar-refractivity contribution in [2.75, 3.05) is 25.6 Å². The van der Waals surface area contributed by atoms with E-state index in [1.54, 1.807) is 11.8 Å². The normalized spacial score (nSPS) is 14.8. The quantitative estimate of drug-likeness (QED) is 0.380. The van der Waals surface area contributed by atoms with E-state index < -0.39 is 0 Å². The molecular weight excluding hydrogens is 464 g/mol. The first kappa shape index (κ1) is 22.7. The molecule has 1 aliphatic heterocycles. The number of carbonyl (C=O) groups excluding carboxylic acids is 1. The fourth-order valence-corrected chi connectivity index (χ4v) is 5.28. The maximum absolute atomic E-state index is 12.8. The Hall–Kier alpha value is -4.03. The fourth-order valence-electron chi connectivity index (χ4n) is 4.33. The smallest absolute Gasteiger partial charge is 0.226 e. The summed E-state index contributed by atoms with van der Waals surface area (Å²) in [5.74, 6) is 4.77. The second kappa shape index (κ2) is 9.31. The van der Waals surface area contributed by atoms with Crippen molar-refractivity contribution in [3.05, 3.63) is 53.2 Å². The molecule has 1 aliphatic rings. The van der Waals surface area contributed by atoms with Crippen molar-refractivity contribution in [1.29, 1.82) is 0 Å². The maximum Gasteiger partial charge on any atom is 0.226 e. The van der Waals surface area contributed by atoms with Crippen molar-refractivity contribution in [3.8, 4) is 34.7 Å². The van der Waals surface area contributed by atoms with Crippen molar-refractivity contribution in [1.82, 2.24) is 14.8 Å². The summed E-state index contributed by atoms with van der Waals surface area (Å²) < 4.78 is 19.5. The Morgan fingerprint density at radius 3 is 2.86 bits per heavy atom. The van der Waals surface area contributed by atoms with Crippen LogP contribution in [-0.4, -0.2) is 41.0 Å². The van der Waals surface area contributed by atoms with Gasteiger partial charge in [-0.25, -0.2) is 4.98 Å². The number of thiazole rings is 1. The van der Waals surface area contributed by atoms with Crippen LogP contribution in [0.4, 0.5) is 5.82 Å². The number of carbonyl (C=O) groups is 1. The van der Waals surface area contributed by atoms with Gasteiger partial charge in [0.15, 0.2) is 11.5 Å². The summed E-state index contributed by atoms with van der Waals surface area (Å²) in [7, 11) is 1.64. The van der Waals surface area contributed by atoms with Crippen molar-refractivity contribution in [2.24, 2.45) is 0 Å². The molecule has 0 saturated carbocycles. The molecule has 178 valence electrons. The topological polar surface area (TPSA) is 87.5 Å². The predicted octanol–water partition coefficient (Wildman–Crippen LogP) is 4.68. The van der Waals surface area contributed by atoms with Crippen LogP contribution in [0, 0.1) is 19.3 Å². The minimum absolute atomic E-state index is 0.0861. The summed E-state index contributed by atoms with van der Waals surface area (Å²) in [5, 5.41) is 8.46. The fraction of sp³-hybridized carbons (Fsp3) is 0.269. The molecule has 5 rings (SSSR count). The first-order valence-corrected chi connectivity index (χ1v) is 12.0. The second-order valence-corrected chi connectivity index (χ2v) is 9.04. The van der Waals surface area contributed by atoms with E-state index in [9.17, 15) is 4.79 Å². The van der Waals surface area contributed by atoms with Crippen molar-refractivity contribution in [2.45, 2.75) is 26.2 Å². The molecule has 2 aromatic carbocycles. The van der Waals surface area contributed by atoms with Crippen LogP contribution in [0.25, 0.3) is 15.3 Å². The van der Waals surface area contributed by atoms with Gasteiger partial charge >= 0.3 is 0 Å². The summed E-state index contributed by atoms with van der Waals surface area (Å²) in [5.41, 5.74) is 3.57. The van der Waals surface area contributed by atoms with E-state index in [2.05, 4.69) is 11.2 Å². The number of aromatic nitrogens is 3. The Labute approximate surface area is 206 Å². The van der Waals surface area contributed by atoms with Gasteiger partial charge < -0.3 is 19.5 Å². The van der Waals surface area contributed by atoms with E-state index in [1.165, 1.54) is 11.3 Å². The van der Waals surface area contributed by atoms with Crippen molar-refractivity contribution >= 4 is 33.3 Å². The van der Waals surface area contributed by atoms with Gasteiger partial charge in [-0.1, -0.05) is 23.3 Å². The van der Waals surface area contributed by atoms with Gasteiger partial charge in [-0.2, -0.15) is 9.78 Å². The van der Waals surface area contributed by atoms with Crippen LogP contribution in [0.5, 0.6) is 17.2 Å². The van der Waals surface area contributed by atoms with Gasteiger partial charge in [0.2, 0.25) is 11.0 Å². The summed E-state index contributed by atoms with van der Waals surface area (Å²) in [6.07, 6.45) is 5.64. The lowest BCUT2D eigenvalue weighted by molar-refractivity contribution is -0.116. The van der Waals surface area contributed by atoms with E-state index >= 15 is 0 Å². The Kier molecular flexibility index (Phi) is 6.05. The minimum Gasteiger partial charge on any atom is -0.497 e. The lowest BCUT2D eigenvalue weighted by Gasteiger charge is -2.25. The lowest BCUT2D eigenvalue weighted by Crippen LogP contribution is -2.25. The summed E-state index contributed by atoms with van der Waals surface area (Å²) >= 11 is 1.49. The number of nitrogens with one attached hydrogen (secondary N) is 1. The van der Waals surface area contributed by atoms with Gasteiger partial charge in [0, 0.05) is 17.9 Å². The highest BCUT2D eigenvalue weighted by molar-refractivity contribution is 7.20. The summed E-state index contributed by atoms with van der Waals surface area (Å²) in [6.45, 7) is 4.48. The third-order valence-corrected chi connectivity index (χ3v) is 6.84. The van der Waals surface area contributed by atoms with Gasteiger partial charge in [0.05, 0.1) is 29.6 Å². The first-order valence-electron chi connectivity index (χ1n) is 11.2. The lowest BCUT2D eigenvalue weighted by atomic mass is 9.85. The largest absolute Gasteiger partial charge is 0.497 e. The molecule has 0 radical (unpaired) electrons. The number of terminal acetylenes is 1. The van der Waals surface area contributed by atoms with Crippen LogP contribution in [0.2, 0.25) is 0 Å². The summed E-state index contributed by atoms with van der Waals surface area (Å²) in [6, 6.07) is 11.4. The number of aryl methyl sites for hydroxylation is 1. The Morgan fingerprint density at radius 1 is 1.23 bits per heavy atom. The average Bonchev–Trinajstić information content (AvgIpc) is 3.43. The highest BCUT2D eigenvalue weighted by Gasteiger charge is 2.33. The Morgan fingerprint density at radius 2 is 2.09 bits per heavy atom. The molecule has 0 spiro atoms. The molecule has 0 bridgehead atoms. The highest BCUT2D eigenvalue weighted by atomic mass is 32.1. The van der Waals surface area contributed by atoms with Gasteiger partial charge in [-0.05, 0) is 49.7 Å². The number of amides is 1. The number of anilines is 1. The molecule has 1 N–H and O–H groups in total. The van der Waals surface area contributed by atoms with Gasteiger partial charge in [0.1, 0.15) is 18.2 Å². The van der Waals surface area contributed by atoms with Crippen molar-refractivity contribution in [3.63, 3.8) is 0 Å². The minimum atomic E-state index is -0.192. The molecule has 0 aliphatic carbocycles. The molecule has 9 heteroatoms. The molecule has 1 unspecified atom stereocenters. The van der Waals surface area contributed by atoms with E-state index in [0.717, 1.165) is 32.8 Å². The molecule has 3 heterocycles. The molecule has 0 fully saturated rings. The zero-order valence-corrected chi connectivity index (χ0v) is 20.4. The third-order valence-electron chi connectivity index (χ3n) is 5.85. The molecule has 1 atom stereocenters. The standard InChI is InChI=1S/C26H24N4O4S/c1-5-11-34-20-10-7-16(12-21(20)33-6-2)18-14-23(31)28-25-24(18)15(3)29-30(25)26-27-19-9-8-17(32-4)13-22(19)35-26/h1,7-10,12-13,18H,6,11,14H2,2-4H3,(H,28,31). The zero-order valence-electron chi connectivity index (χ0n) is 19.6. The average molecular weight is 489 g/mol.